The molecule has 1 atom stereocenters. The second kappa shape index (κ2) is 7.18. The van der Waals surface area contributed by atoms with Crippen LogP contribution in [0.3, 0.4) is 0 Å². The molecule has 0 heterocycles. The number of carbonyl (C=O) groups excluding carboxylic acids is 1. The highest BCUT2D eigenvalue weighted by molar-refractivity contribution is 7.98. The predicted octanol–water partition coefficient (Wildman–Crippen LogP) is 2.74. The second-order valence-corrected chi connectivity index (χ2v) is 4.99. The van der Waals surface area contributed by atoms with Gasteiger partial charge in [0.15, 0.2) is 0 Å². The number of carbonyl (C=O) groups is 1. The fraction of sp³-hybridized carbons (Fsp3) is 0.417. The largest absolute Gasteiger partial charge is 0.348 e. The number of nitrogens with one attached hydrogen (secondary N) is 1. The third-order valence-corrected chi connectivity index (χ3v) is 3.41. The van der Waals surface area contributed by atoms with Crippen molar-refractivity contribution in [3.05, 3.63) is 39.4 Å². The van der Waals surface area contributed by atoms with Crippen LogP contribution in [0.25, 0.3) is 0 Å². The van der Waals surface area contributed by atoms with E-state index >= 15 is 0 Å². The Labute approximate surface area is 118 Å². The smallest absolute Gasteiger partial charge is 0.307 e. The van der Waals surface area contributed by atoms with Crippen molar-refractivity contribution in [1.82, 2.24) is 5.32 Å². The van der Waals surface area contributed by atoms with Crippen molar-refractivity contribution in [1.29, 1.82) is 0 Å². The molecule has 1 aromatic rings. The molecule has 0 aliphatic heterocycles. The lowest BCUT2D eigenvalue weighted by Gasteiger charge is -2.15. The maximum atomic E-state index is 13.6. The van der Waals surface area contributed by atoms with Crippen LogP contribution < -0.4 is 5.32 Å². The fourth-order valence-electron chi connectivity index (χ4n) is 1.58. The number of thioether (sulfide) groups is 1. The third kappa shape index (κ3) is 3.89. The number of hydrogen-bond acceptors (Lipinski definition) is 4. The average molecular weight is 304 g/mol. The molecule has 20 heavy (non-hydrogen) atoms. The van der Waals surface area contributed by atoms with E-state index in [1.54, 1.807) is 0 Å². The minimum atomic E-state index is -1.24. The summed E-state index contributed by atoms with van der Waals surface area (Å²) in [6.45, 7) is 1.86. The number of benzene rings is 1. The summed E-state index contributed by atoms with van der Waals surface area (Å²) in [6.07, 6.45) is 2.50. The molecule has 8 heteroatoms. The first-order chi connectivity index (χ1) is 9.40. The molecule has 1 N–H and O–H groups in total. The Morgan fingerprint density at radius 2 is 2.10 bits per heavy atom. The summed E-state index contributed by atoms with van der Waals surface area (Å²) in [5.41, 5.74) is -1.53. The van der Waals surface area contributed by atoms with E-state index in [2.05, 4.69) is 5.32 Å². The minimum absolute atomic E-state index is 0.171. The molecule has 1 amide bonds. The summed E-state index contributed by atoms with van der Waals surface area (Å²) < 4.78 is 27.1. The minimum Gasteiger partial charge on any atom is -0.348 e. The lowest BCUT2D eigenvalue weighted by Crippen LogP contribution is -2.36. The van der Waals surface area contributed by atoms with E-state index in [1.165, 1.54) is 11.8 Å². The highest BCUT2D eigenvalue weighted by Crippen LogP contribution is 2.21. The molecule has 1 rings (SSSR count). The molecule has 1 unspecified atom stereocenters. The topological polar surface area (TPSA) is 72.2 Å². The second-order valence-electron chi connectivity index (χ2n) is 4.07. The summed E-state index contributed by atoms with van der Waals surface area (Å²) in [6, 6.07) is 0.795. The first kappa shape index (κ1) is 16.4. The van der Waals surface area contributed by atoms with Crippen LogP contribution in [0.15, 0.2) is 12.1 Å². The summed E-state index contributed by atoms with van der Waals surface area (Å²) in [5.74, 6) is -2.49. The van der Waals surface area contributed by atoms with Crippen LogP contribution >= 0.6 is 11.8 Å². The van der Waals surface area contributed by atoms with Crippen molar-refractivity contribution < 1.29 is 18.5 Å². The highest BCUT2D eigenvalue weighted by Gasteiger charge is 2.23. The maximum absolute atomic E-state index is 13.6. The molecule has 1 aromatic carbocycles. The molecule has 0 spiro atoms. The van der Waals surface area contributed by atoms with E-state index < -0.39 is 33.7 Å². The maximum Gasteiger partial charge on any atom is 0.307 e. The summed E-state index contributed by atoms with van der Waals surface area (Å²) in [7, 11) is 0. The normalized spacial score (nSPS) is 12.0. The number of halogens is 2. The standard InChI is InChI=1S/C12H14F2N2O3S/c1-3-7(6-20-2)15-12(17)8-4-10(14)11(16(18)19)5-9(8)13/h4-5,7H,3,6H2,1-2H3,(H,15,17). The lowest BCUT2D eigenvalue weighted by molar-refractivity contribution is -0.387. The lowest BCUT2D eigenvalue weighted by atomic mass is 10.1. The quantitative estimate of drug-likeness (QED) is 0.648. The van der Waals surface area contributed by atoms with Crippen LogP contribution in [0.1, 0.15) is 23.7 Å². The van der Waals surface area contributed by atoms with Gasteiger partial charge < -0.3 is 5.32 Å². The first-order valence-corrected chi connectivity index (χ1v) is 7.23. The average Bonchev–Trinajstić information content (AvgIpc) is 2.39. The molecular formula is C12H14F2N2O3S. The number of nitro groups is 1. The molecule has 5 nitrogen and oxygen atoms in total. The van der Waals surface area contributed by atoms with E-state index in [4.69, 9.17) is 0 Å². The molecule has 0 aliphatic carbocycles. The van der Waals surface area contributed by atoms with Crippen molar-refractivity contribution in [2.24, 2.45) is 0 Å². The van der Waals surface area contributed by atoms with E-state index in [-0.39, 0.29) is 6.04 Å². The zero-order valence-electron chi connectivity index (χ0n) is 11.0. The summed E-state index contributed by atoms with van der Waals surface area (Å²) >= 11 is 1.51. The van der Waals surface area contributed by atoms with Gasteiger partial charge in [-0.05, 0) is 18.7 Å². The molecular weight excluding hydrogens is 290 g/mol. The Hall–Kier alpha value is -1.70. The van der Waals surface area contributed by atoms with Gasteiger partial charge in [-0.15, -0.1) is 0 Å². The Balaban J connectivity index is 2.99. The van der Waals surface area contributed by atoms with E-state index in [0.717, 1.165) is 0 Å². The summed E-state index contributed by atoms with van der Waals surface area (Å²) in [5, 5.41) is 13.0. The molecule has 0 radical (unpaired) electrons. The Morgan fingerprint density at radius 3 is 2.60 bits per heavy atom. The Morgan fingerprint density at radius 1 is 1.45 bits per heavy atom. The summed E-state index contributed by atoms with van der Waals surface area (Å²) in [4.78, 5) is 21.3. The van der Waals surface area contributed by atoms with Crippen molar-refractivity contribution in [3.63, 3.8) is 0 Å². The zero-order chi connectivity index (χ0) is 15.3. The van der Waals surface area contributed by atoms with Crippen molar-refractivity contribution >= 4 is 23.4 Å². The molecule has 0 aliphatic rings. The van der Waals surface area contributed by atoms with Crippen LogP contribution in [0.4, 0.5) is 14.5 Å². The van der Waals surface area contributed by atoms with Gasteiger partial charge >= 0.3 is 5.69 Å². The highest BCUT2D eigenvalue weighted by atomic mass is 32.2. The van der Waals surface area contributed by atoms with Crippen molar-refractivity contribution in [2.45, 2.75) is 19.4 Å². The van der Waals surface area contributed by atoms with Gasteiger partial charge in [0.05, 0.1) is 16.6 Å². The Bertz CT molecular complexity index is 526. The van der Waals surface area contributed by atoms with Crippen molar-refractivity contribution in [3.8, 4) is 0 Å². The van der Waals surface area contributed by atoms with Gasteiger partial charge in [0, 0.05) is 11.8 Å². The van der Waals surface area contributed by atoms with Gasteiger partial charge in [-0.3, -0.25) is 14.9 Å². The van der Waals surface area contributed by atoms with Crippen LogP contribution in [0, 0.1) is 21.7 Å². The van der Waals surface area contributed by atoms with Gasteiger partial charge in [-0.25, -0.2) is 4.39 Å². The Kier molecular flexibility index (Phi) is 5.87. The number of amides is 1. The van der Waals surface area contributed by atoms with Gasteiger partial charge in [0.1, 0.15) is 5.82 Å². The first-order valence-electron chi connectivity index (χ1n) is 5.83. The number of nitro benzene ring substituents is 1. The zero-order valence-corrected chi connectivity index (χ0v) is 11.8. The van der Waals surface area contributed by atoms with Crippen LogP contribution in [0.2, 0.25) is 0 Å². The molecule has 0 saturated heterocycles. The van der Waals surface area contributed by atoms with E-state index in [0.29, 0.717) is 24.3 Å². The molecule has 0 fully saturated rings. The SMILES string of the molecule is CCC(CSC)NC(=O)c1cc(F)c([N+](=O)[O-])cc1F. The van der Waals surface area contributed by atoms with Gasteiger partial charge in [-0.1, -0.05) is 6.92 Å². The third-order valence-electron chi connectivity index (χ3n) is 2.67. The van der Waals surface area contributed by atoms with Crippen LogP contribution in [0.5, 0.6) is 0 Å². The number of rotatable bonds is 6. The predicted molar refractivity (Wildman–Crippen MR) is 72.9 cm³/mol. The van der Waals surface area contributed by atoms with Gasteiger partial charge in [0.25, 0.3) is 5.91 Å². The molecule has 110 valence electrons. The van der Waals surface area contributed by atoms with Gasteiger partial charge in [-0.2, -0.15) is 16.2 Å². The molecule has 0 aromatic heterocycles. The van der Waals surface area contributed by atoms with Gasteiger partial charge in [0.2, 0.25) is 5.82 Å². The molecule has 0 bridgehead atoms. The fourth-order valence-corrected chi connectivity index (χ4v) is 2.30. The van der Waals surface area contributed by atoms with E-state index in [9.17, 15) is 23.7 Å². The van der Waals surface area contributed by atoms with Crippen molar-refractivity contribution in [2.75, 3.05) is 12.0 Å². The number of hydrogen-bond donors (Lipinski definition) is 1. The van der Waals surface area contributed by atoms with Crippen LogP contribution in [-0.2, 0) is 0 Å². The van der Waals surface area contributed by atoms with Crippen LogP contribution in [-0.4, -0.2) is 28.9 Å². The monoisotopic (exact) mass is 304 g/mol. The van der Waals surface area contributed by atoms with E-state index in [1.807, 2.05) is 13.2 Å². The number of nitrogens with zero attached hydrogens (tertiary/aromatic N) is 1. The molecule has 0 saturated carbocycles.